The molecule has 0 aliphatic carbocycles. The van der Waals surface area contributed by atoms with E-state index < -0.39 is 0 Å². The molecule has 1 amide bonds. The number of amides is 1. The minimum Gasteiger partial charge on any atom is -0.497 e. The van der Waals surface area contributed by atoms with Crippen molar-refractivity contribution in [3.05, 3.63) is 59.2 Å². The molecule has 1 aliphatic rings. The van der Waals surface area contributed by atoms with Gasteiger partial charge in [-0.1, -0.05) is 11.6 Å². The number of carbonyl (C=O) groups is 1. The molecule has 0 bridgehead atoms. The number of carbonyl (C=O) groups excluding carboxylic acids is 1. The lowest BCUT2D eigenvalue weighted by molar-refractivity contribution is 0.0747. The Morgan fingerprint density at radius 3 is 2.47 bits per heavy atom. The van der Waals surface area contributed by atoms with Gasteiger partial charge >= 0.3 is 0 Å². The van der Waals surface area contributed by atoms with Crippen LogP contribution in [0.4, 0.5) is 5.69 Å². The van der Waals surface area contributed by atoms with Gasteiger partial charge in [0, 0.05) is 43.7 Å². The van der Waals surface area contributed by atoms with Crippen molar-refractivity contribution in [1.29, 1.82) is 5.26 Å². The fourth-order valence-electron chi connectivity index (χ4n) is 4.47. The molecule has 3 aromatic rings. The monoisotopic (exact) mass is 487 g/mol. The van der Waals surface area contributed by atoms with Crippen LogP contribution >= 0.6 is 0 Å². The molecule has 1 aliphatic heterocycles. The van der Waals surface area contributed by atoms with Crippen LogP contribution in [0.25, 0.3) is 10.9 Å². The van der Waals surface area contributed by atoms with Gasteiger partial charge < -0.3 is 24.2 Å². The van der Waals surface area contributed by atoms with Crippen LogP contribution in [0.1, 0.15) is 27.9 Å². The Labute approximate surface area is 212 Å². The average Bonchev–Trinajstić information content (AvgIpc) is 2.90. The number of hydrogen-bond donors (Lipinski definition) is 0. The Bertz CT molecular complexity index is 1260. The molecule has 1 fully saturated rings. The van der Waals surface area contributed by atoms with E-state index in [-0.39, 0.29) is 5.91 Å². The zero-order valence-electron chi connectivity index (χ0n) is 21.5. The molecule has 1 saturated heterocycles. The summed E-state index contributed by atoms with van der Waals surface area (Å²) in [5, 5.41) is 11.1. The van der Waals surface area contributed by atoms with Crippen molar-refractivity contribution in [2.24, 2.45) is 0 Å². The second-order valence-electron chi connectivity index (χ2n) is 9.29. The van der Waals surface area contributed by atoms with Crippen LogP contribution in [0.2, 0.25) is 0 Å². The fraction of sp³-hybridized carbons (Fsp3) is 0.393. The van der Waals surface area contributed by atoms with Crippen molar-refractivity contribution in [3.8, 4) is 17.7 Å². The Hall–Kier alpha value is -3.83. The number of nitriles is 1. The number of nitrogens with zero attached hydrogens (tertiary/aromatic N) is 5. The summed E-state index contributed by atoms with van der Waals surface area (Å²) in [7, 11) is 5.65. The second kappa shape index (κ2) is 11.3. The molecule has 8 nitrogen and oxygen atoms in total. The van der Waals surface area contributed by atoms with Crippen LogP contribution < -0.4 is 14.4 Å². The summed E-state index contributed by atoms with van der Waals surface area (Å²) in [6, 6.07) is 15.6. The Kier molecular flexibility index (Phi) is 7.91. The third-order valence-corrected chi connectivity index (χ3v) is 6.40. The molecule has 0 saturated carbocycles. The first-order valence-corrected chi connectivity index (χ1v) is 12.2. The van der Waals surface area contributed by atoms with Crippen molar-refractivity contribution in [1.82, 2.24) is 14.8 Å². The normalized spacial score (nSPS) is 13.7. The van der Waals surface area contributed by atoms with E-state index in [4.69, 9.17) is 14.5 Å². The van der Waals surface area contributed by atoms with Crippen molar-refractivity contribution in [3.63, 3.8) is 0 Å². The van der Waals surface area contributed by atoms with Crippen LogP contribution in [0.5, 0.6) is 11.6 Å². The van der Waals surface area contributed by atoms with Crippen LogP contribution in [-0.4, -0.2) is 81.2 Å². The first kappa shape index (κ1) is 25.3. The third kappa shape index (κ3) is 5.52. The van der Waals surface area contributed by atoms with Gasteiger partial charge in [-0.15, -0.1) is 0 Å². The van der Waals surface area contributed by atoms with Crippen LogP contribution in [0.15, 0.2) is 42.5 Å². The van der Waals surface area contributed by atoms with Crippen LogP contribution in [0.3, 0.4) is 0 Å². The van der Waals surface area contributed by atoms with Gasteiger partial charge in [-0.3, -0.25) is 4.79 Å². The van der Waals surface area contributed by atoms with Crippen molar-refractivity contribution in [2.45, 2.75) is 13.3 Å². The van der Waals surface area contributed by atoms with Crippen molar-refractivity contribution < 1.29 is 14.3 Å². The average molecular weight is 488 g/mol. The number of anilines is 1. The number of ether oxygens (including phenoxy) is 2. The lowest BCUT2D eigenvalue weighted by Gasteiger charge is -2.37. The summed E-state index contributed by atoms with van der Waals surface area (Å²) < 4.78 is 11.2. The molecule has 0 unspecified atom stereocenters. The number of methoxy groups -OCH3 is 1. The SMILES string of the molecule is COc1ccc(C(=O)N2CCN(c3c(C#N)c(OCCCN(C)C)nc4ccc(C)cc34)CC2)cc1. The molecule has 188 valence electrons. The van der Waals surface area contributed by atoms with Crippen molar-refractivity contribution >= 4 is 22.5 Å². The van der Waals surface area contributed by atoms with Crippen molar-refractivity contribution in [2.75, 3.05) is 65.4 Å². The maximum Gasteiger partial charge on any atom is 0.253 e. The number of hydrogen-bond acceptors (Lipinski definition) is 7. The molecule has 2 heterocycles. The molecule has 0 atom stereocenters. The second-order valence-corrected chi connectivity index (χ2v) is 9.29. The molecule has 0 N–H and O–H groups in total. The standard InChI is InChI=1S/C28H33N5O3/c1-20-6-11-25-23(18-20)26(24(19-29)27(30-25)36-17-5-12-31(2)3)32-13-15-33(16-14-32)28(34)21-7-9-22(35-4)10-8-21/h6-11,18H,5,12-17H2,1-4H3. The summed E-state index contributed by atoms with van der Waals surface area (Å²) in [6.07, 6.45) is 0.840. The molecule has 8 heteroatoms. The minimum absolute atomic E-state index is 0.00171. The van der Waals surface area contributed by atoms with E-state index in [0.717, 1.165) is 40.9 Å². The lowest BCUT2D eigenvalue weighted by atomic mass is 10.0. The maximum absolute atomic E-state index is 13.1. The molecule has 1 aromatic heterocycles. The minimum atomic E-state index is -0.00171. The first-order chi connectivity index (χ1) is 17.4. The van der Waals surface area contributed by atoms with E-state index >= 15 is 0 Å². The highest BCUT2D eigenvalue weighted by molar-refractivity contribution is 5.97. The predicted molar refractivity (Wildman–Crippen MR) is 141 cm³/mol. The fourth-order valence-corrected chi connectivity index (χ4v) is 4.47. The summed E-state index contributed by atoms with van der Waals surface area (Å²) in [5.41, 5.74) is 3.83. The highest BCUT2D eigenvalue weighted by atomic mass is 16.5. The van der Waals surface area contributed by atoms with Gasteiger partial charge in [-0.2, -0.15) is 5.26 Å². The Morgan fingerprint density at radius 1 is 1.11 bits per heavy atom. The van der Waals surface area contributed by atoms with E-state index in [0.29, 0.717) is 49.8 Å². The zero-order valence-corrected chi connectivity index (χ0v) is 21.5. The van der Waals surface area contributed by atoms with Gasteiger partial charge in [0.15, 0.2) is 0 Å². The summed E-state index contributed by atoms with van der Waals surface area (Å²) in [4.78, 5) is 23.9. The maximum atomic E-state index is 13.1. The van der Waals surface area contributed by atoms with E-state index in [9.17, 15) is 10.1 Å². The largest absolute Gasteiger partial charge is 0.497 e. The van der Waals surface area contributed by atoms with Gasteiger partial charge in [0.25, 0.3) is 5.91 Å². The zero-order chi connectivity index (χ0) is 25.7. The van der Waals surface area contributed by atoms with Crippen LogP contribution in [0, 0.1) is 18.3 Å². The number of benzene rings is 2. The molecular weight excluding hydrogens is 454 g/mol. The number of fused-ring (bicyclic) bond motifs is 1. The predicted octanol–water partition coefficient (Wildman–Crippen LogP) is 3.72. The van der Waals surface area contributed by atoms with E-state index in [2.05, 4.69) is 21.9 Å². The van der Waals surface area contributed by atoms with Gasteiger partial charge in [-0.05, 0) is 63.8 Å². The van der Waals surface area contributed by atoms with E-state index in [1.807, 2.05) is 38.1 Å². The van der Waals surface area contributed by atoms with Gasteiger partial charge in [0.2, 0.25) is 5.88 Å². The quantitative estimate of drug-likeness (QED) is 0.448. The number of aryl methyl sites for hydroxylation is 1. The summed E-state index contributed by atoms with van der Waals surface area (Å²) in [6.45, 7) is 5.76. The lowest BCUT2D eigenvalue weighted by Crippen LogP contribution is -2.49. The van der Waals surface area contributed by atoms with E-state index in [1.54, 1.807) is 31.4 Å². The molecular formula is C28H33N5O3. The first-order valence-electron chi connectivity index (χ1n) is 12.2. The van der Waals surface area contributed by atoms with Crippen LogP contribution in [-0.2, 0) is 0 Å². The van der Waals surface area contributed by atoms with Gasteiger partial charge in [0.1, 0.15) is 17.4 Å². The smallest absolute Gasteiger partial charge is 0.253 e. The van der Waals surface area contributed by atoms with Gasteiger partial charge in [0.05, 0.1) is 24.9 Å². The Morgan fingerprint density at radius 2 is 1.83 bits per heavy atom. The number of pyridine rings is 1. The molecule has 2 aromatic carbocycles. The third-order valence-electron chi connectivity index (χ3n) is 6.40. The molecule has 4 rings (SSSR count). The Balaban J connectivity index is 1.58. The van der Waals surface area contributed by atoms with Gasteiger partial charge in [-0.25, -0.2) is 4.98 Å². The molecule has 36 heavy (non-hydrogen) atoms. The topological polar surface area (TPSA) is 81.9 Å². The molecule has 0 spiro atoms. The molecule has 0 radical (unpaired) electrons. The number of rotatable bonds is 8. The highest BCUT2D eigenvalue weighted by Gasteiger charge is 2.27. The number of aromatic nitrogens is 1. The highest BCUT2D eigenvalue weighted by Crippen LogP contribution is 2.36. The van der Waals surface area contributed by atoms with E-state index in [1.165, 1.54) is 0 Å². The summed E-state index contributed by atoms with van der Waals surface area (Å²) in [5.74, 6) is 1.09. The number of piperazine rings is 1. The summed E-state index contributed by atoms with van der Waals surface area (Å²) >= 11 is 0.